The molecule has 16 heavy (non-hydrogen) atoms. The number of furan rings is 1. The number of aliphatic hydroxyl groups is 1. The third-order valence-electron chi connectivity index (χ3n) is 2.24. The second kappa shape index (κ2) is 8.33. The summed E-state index contributed by atoms with van der Waals surface area (Å²) in [6.07, 6.45) is 1.89. The Morgan fingerprint density at radius 2 is 2.12 bits per heavy atom. The molecule has 0 bridgehead atoms. The Balaban J connectivity index is 1.98. The van der Waals surface area contributed by atoms with E-state index in [0.29, 0.717) is 13.2 Å². The quantitative estimate of drug-likeness (QED) is 0.625. The van der Waals surface area contributed by atoms with Gasteiger partial charge in [0.1, 0.15) is 11.5 Å². The highest BCUT2D eigenvalue weighted by Gasteiger charge is 1.99. The Bertz CT molecular complexity index is 273. The average molecular weight is 227 g/mol. The molecule has 1 aromatic rings. The van der Waals surface area contributed by atoms with Crippen molar-refractivity contribution in [2.24, 2.45) is 0 Å². The van der Waals surface area contributed by atoms with Crippen LogP contribution in [0.2, 0.25) is 0 Å². The van der Waals surface area contributed by atoms with Crippen LogP contribution in [0.4, 0.5) is 0 Å². The van der Waals surface area contributed by atoms with Crippen LogP contribution in [0.5, 0.6) is 0 Å². The second-order valence-corrected chi connectivity index (χ2v) is 3.59. The molecular weight excluding hydrogens is 206 g/mol. The molecule has 1 rings (SSSR count). The number of ether oxygens (including phenoxy) is 1. The monoisotopic (exact) mass is 227 g/mol. The fraction of sp³-hybridized carbons (Fsp3) is 0.667. The summed E-state index contributed by atoms with van der Waals surface area (Å²) in [4.78, 5) is 0. The van der Waals surface area contributed by atoms with Gasteiger partial charge in [-0.25, -0.2) is 0 Å². The molecule has 0 aliphatic carbocycles. The van der Waals surface area contributed by atoms with Crippen molar-refractivity contribution in [1.82, 2.24) is 5.32 Å². The summed E-state index contributed by atoms with van der Waals surface area (Å²) in [5, 5.41) is 11.8. The minimum atomic E-state index is 0.0968. The molecule has 0 aliphatic rings. The summed E-state index contributed by atoms with van der Waals surface area (Å²) >= 11 is 0. The summed E-state index contributed by atoms with van der Waals surface area (Å²) in [5.41, 5.74) is 0. The van der Waals surface area contributed by atoms with Crippen LogP contribution in [0, 0.1) is 0 Å². The van der Waals surface area contributed by atoms with E-state index in [4.69, 9.17) is 14.3 Å². The maximum Gasteiger partial charge on any atom is 0.117 e. The van der Waals surface area contributed by atoms with Crippen molar-refractivity contribution in [2.75, 3.05) is 26.4 Å². The topological polar surface area (TPSA) is 54.6 Å². The zero-order valence-electron chi connectivity index (χ0n) is 9.87. The lowest BCUT2D eigenvalue weighted by Gasteiger charge is -2.03. The van der Waals surface area contributed by atoms with E-state index in [-0.39, 0.29) is 6.61 Å². The minimum Gasteiger partial charge on any atom is -0.465 e. The Morgan fingerprint density at radius 1 is 1.31 bits per heavy atom. The van der Waals surface area contributed by atoms with Gasteiger partial charge in [0.2, 0.25) is 0 Å². The largest absolute Gasteiger partial charge is 0.465 e. The van der Waals surface area contributed by atoms with E-state index in [1.807, 2.05) is 12.1 Å². The maximum atomic E-state index is 8.49. The Labute approximate surface area is 96.6 Å². The normalized spacial score (nSPS) is 10.9. The van der Waals surface area contributed by atoms with Crippen molar-refractivity contribution in [2.45, 2.75) is 26.3 Å². The molecular formula is C12H21NO3. The van der Waals surface area contributed by atoms with Gasteiger partial charge in [-0.15, -0.1) is 0 Å². The van der Waals surface area contributed by atoms with Crippen molar-refractivity contribution in [3.63, 3.8) is 0 Å². The Morgan fingerprint density at radius 3 is 2.81 bits per heavy atom. The smallest absolute Gasteiger partial charge is 0.117 e. The van der Waals surface area contributed by atoms with Crippen LogP contribution in [-0.2, 0) is 17.7 Å². The van der Waals surface area contributed by atoms with Crippen LogP contribution in [-0.4, -0.2) is 31.5 Å². The van der Waals surface area contributed by atoms with E-state index in [2.05, 4.69) is 12.2 Å². The fourth-order valence-corrected chi connectivity index (χ4v) is 1.38. The molecule has 0 fully saturated rings. The molecule has 1 heterocycles. The van der Waals surface area contributed by atoms with E-state index in [1.165, 1.54) is 0 Å². The third kappa shape index (κ3) is 5.30. The Kier molecular flexibility index (Phi) is 6.88. The number of hydrogen-bond donors (Lipinski definition) is 2. The first-order valence-corrected chi connectivity index (χ1v) is 5.83. The summed E-state index contributed by atoms with van der Waals surface area (Å²) in [7, 11) is 0. The summed E-state index contributed by atoms with van der Waals surface area (Å²) in [6.45, 7) is 4.95. The molecule has 0 atom stereocenters. The first kappa shape index (κ1) is 13.2. The highest BCUT2D eigenvalue weighted by Crippen LogP contribution is 2.07. The number of hydrogen-bond acceptors (Lipinski definition) is 4. The van der Waals surface area contributed by atoms with Gasteiger partial charge in [0.25, 0.3) is 0 Å². The minimum absolute atomic E-state index is 0.0968. The molecule has 2 N–H and O–H groups in total. The molecule has 4 nitrogen and oxygen atoms in total. The molecule has 0 spiro atoms. The van der Waals surface area contributed by atoms with Crippen molar-refractivity contribution >= 4 is 0 Å². The highest BCUT2D eigenvalue weighted by molar-refractivity contribution is 5.06. The van der Waals surface area contributed by atoms with E-state index in [9.17, 15) is 0 Å². The summed E-state index contributed by atoms with van der Waals surface area (Å²) in [6, 6.07) is 4.02. The van der Waals surface area contributed by atoms with Crippen LogP contribution in [0.3, 0.4) is 0 Å². The van der Waals surface area contributed by atoms with Crippen LogP contribution in [0.25, 0.3) is 0 Å². The molecule has 1 aromatic heterocycles. The Hall–Kier alpha value is -0.840. The standard InChI is InChI=1S/C12H21NO3/c1-2-11-4-5-12(16-11)10-13-6-3-8-15-9-7-14/h4-5,13-14H,2-3,6-10H2,1H3. The van der Waals surface area contributed by atoms with Crippen LogP contribution < -0.4 is 5.32 Å². The molecule has 0 saturated heterocycles. The van der Waals surface area contributed by atoms with Crippen molar-refractivity contribution in [3.05, 3.63) is 23.7 Å². The van der Waals surface area contributed by atoms with Gasteiger partial charge < -0.3 is 19.6 Å². The lowest BCUT2D eigenvalue weighted by Crippen LogP contribution is -2.16. The van der Waals surface area contributed by atoms with E-state index in [1.54, 1.807) is 0 Å². The van der Waals surface area contributed by atoms with Gasteiger partial charge in [-0.1, -0.05) is 6.92 Å². The van der Waals surface area contributed by atoms with Crippen LogP contribution in [0.1, 0.15) is 24.9 Å². The first-order valence-electron chi connectivity index (χ1n) is 5.83. The van der Waals surface area contributed by atoms with E-state index < -0.39 is 0 Å². The SMILES string of the molecule is CCc1ccc(CNCCCOCCO)o1. The van der Waals surface area contributed by atoms with E-state index >= 15 is 0 Å². The molecule has 0 aromatic carbocycles. The van der Waals surface area contributed by atoms with Gasteiger partial charge in [0.05, 0.1) is 19.8 Å². The second-order valence-electron chi connectivity index (χ2n) is 3.59. The predicted octanol–water partition coefficient (Wildman–Crippen LogP) is 1.33. The molecule has 0 saturated carbocycles. The van der Waals surface area contributed by atoms with Gasteiger partial charge in [-0.3, -0.25) is 0 Å². The molecule has 0 radical (unpaired) electrons. The number of nitrogens with one attached hydrogen (secondary N) is 1. The predicted molar refractivity (Wildman–Crippen MR) is 62.3 cm³/mol. The summed E-state index contributed by atoms with van der Waals surface area (Å²) < 4.78 is 10.7. The number of aryl methyl sites for hydroxylation is 1. The molecule has 0 amide bonds. The molecule has 92 valence electrons. The highest BCUT2D eigenvalue weighted by atomic mass is 16.5. The van der Waals surface area contributed by atoms with Crippen LogP contribution >= 0.6 is 0 Å². The maximum absolute atomic E-state index is 8.49. The van der Waals surface area contributed by atoms with Gasteiger partial charge in [0.15, 0.2) is 0 Å². The van der Waals surface area contributed by atoms with E-state index in [0.717, 1.165) is 37.5 Å². The lowest BCUT2D eigenvalue weighted by molar-refractivity contribution is 0.0906. The van der Waals surface area contributed by atoms with Crippen LogP contribution in [0.15, 0.2) is 16.5 Å². The van der Waals surface area contributed by atoms with Crippen molar-refractivity contribution in [3.8, 4) is 0 Å². The average Bonchev–Trinajstić information content (AvgIpc) is 2.76. The van der Waals surface area contributed by atoms with Crippen molar-refractivity contribution in [1.29, 1.82) is 0 Å². The number of rotatable bonds is 9. The molecule has 0 aliphatic heterocycles. The van der Waals surface area contributed by atoms with Gasteiger partial charge in [-0.05, 0) is 25.1 Å². The fourth-order valence-electron chi connectivity index (χ4n) is 1.38. The van der Waals surface area contributed by atoms with Gasteiger partial charge in [0, 0.05) is 13.0 Å². The third-order valence-corrected chi connectivity index (χ3v) is 2.24. The van der Waals surface area contributed by atoms with Gasteiger partial charge in [-0.2, -0.15) is 0 Å². The van der Waals surface area contributed by atoms with Gasteiger partial charge >= 0.3 is 0 Å². The zero-order chi connectivity index (χ0) is 11.6. The summed E-state index contributed by atoms with van der Waals surface area (Å²) in [5.74, 6) is 2.01. The van der Waals surface area contributed by atoms with Crippen molar-refractivity contribution < 1.29 is 14.3 Å². The molecule has 0 unspecified atom stereocenters. The first-order chi connectivity index (χ1) is 7.86. The zero-order valence-corrected chi connectivity index (χ0v) is 9.87. The molecule has 4 heteroatoms. The number of aliphatic hydroxyl groups excluding tert-OH is 1. The lowest BCUT2D eigenvalue weighted by atomic mass is 10.3.